The number of rotatable bonds is 6. The lowest BCUT2D eigenvalue weighted by atomic mass is 10.2. The van der Waals surface area contributed by atoms with Gasteiger partial charge in [0, 0.05) is 0 Å². The number of carbonyl (C=O) groups is 2. The second kappa shape index (κ2) is 9.40. The van der Waals surface area contributed by atoms with Gasteiger partial charge in [-0.2, -0.15) is 10.5 Å². The molecule has 0 amide bonds. The Morgan fingerprint density at radius 3 is 2.36 bits per heavy atom. The number of benzene rings is 1. The molecular weight excluding hydrogens is 404 g/mol. The second-order valence-corrected chi connectivity index (χ2v) is 7.72. The molecule has 1 atom stereocenters. The third-order valence-electron chi connectivity index (χ3n) is 3.56. The number of hydrogen-bond acceptors (Lipinski definition) is 10. The normalized spacial score (nSPS) is 12.9. The largest absolute Gasteiger partial charge is 0.481 e. The van der Waals surface area contributed by atoms with E-state index in [0.717, 1.165) is 0 Å². The molecule has 146 valence electrons. The predicted octanol–water partition coefficient (Wildman–Crippen LogP) is 2.94. The maximum atomic E-state index is 11.7. The molecule has 0 aliphatic carbocycles. The number of thioether (sulfide) groups is 2. The first kappa shape index (κ1) is 21.5. The molecule has 0 fully saturated rings. The first-order valence-corrected chi connectivity index (χ1v) is 9.51. The third-order valence-corrected chi connectivity index (χ3v) is 6.17. The van der Waals surface area contributed by atoms with Crippen LogP contribution in [0.25, 0.3) is 0 Å². The van der Waals surface area contributed by atoms with E-state index < -0.39 is 18.0 Å². The van der Waals surface area contributed by atoms with Crippen molar-refractivity contribution in [2.24, 2.45) is 0 Å². The summed E-state index contributed by atoms with van der Waals surface area (Å²) in [5.74, 6) is -0.285. The highest BCUT2D eigenvalue weighted by molar-refractivity contribution is 8.24. The van der Waals surface area contributed by atoms with Crippen molar-refractivity contribution < 1.29 is 28.5 Å². The Hall–Kier alpha value is -2.82. The molecule has 8 nitrogen and oxygen atoms in total. The van der Waals surface area contributed by atoms with Crippen molar-refractivity contribution >= 4 is 35.5 Å². The summed E-state index contributed by atoms with van der Waals surface area (Å²) < 4.78 is 21.1. The fraction of sp³-hybridized carbons (Fsp3) is 0.333. The van der Waals surface area contributed by atoms with E-state index in [1.54, 1.807) is 19.9 Å². The van der Waals surface area contributed by atoms with Crippen LogP contribution in [-0.4, -0.2) is 38.9 Å². The molecule has 2 rings (SSSR count). The summed E-state index contributed by atoms with van der Waals surface area (Å²) in [6.07, 6.45) is -0.861. The van der Waals surface area contributed by atoms with E-state index in [1.165, 1.54) is 37.7 Å². The Bertz CT molecular complexity index is 913. The third kappa shape index (κ3) is 4.53. The van der Waals surface area contributed by atoms with Crippen molar-refractivity contribution in [1.82, 2.24) is 0 Å². The van der Waals surface area contributed by atoms with Gasteiger partial charge in [-0.3, -0.25) is 0 Å². The Morgan fingerprint density at radius 1 is 1.14 bits per heavy atom. The Kier molecular flexibility index (Phi) is 7.21. The Balaban J connectivity index is 2.51. The minimum Gasteiger partial charge on any atom is -0.481 e. The van der Waals surface area contributed by atoms with Crippen molar-refractivity contribution in [2.75, 3.05) is 20.8 Å². The summed E-state index contributed by atoms with van der Waals surface area (Å²) in [5.41, 5.74) is 0.605. The van der Waals surface area contributed by atoms with Crippen LogP contribution in [0.2, 0.25) is 0 Å². The van der Waals surface area contributed by atoms with Crippen LogP contribution in [0.3, 0.4) is 0 Å². The van der Waals surface area contributed by atoms with Crippen LogP contribution >= 0.6 is 23.5 Å². The number of esters is 2. The molecule has 1 aromatic carbocycles. The molecule has 1 heterocycles. The van der Waals surface area contributed by atoms with Gasteiger partial charge in [0.05, 0.1) is 28.2 Å². The van der Waals surface area contributed by atoms with E-state index in [9.17, 15) is 20.1 Å². The highest BCUT2D eigenvalue weighted by atomic mass is 32.2. The number of aryl methyl sites for hydroxylation is 1. The quantitative estimate of drug-likeness (QED) is 0.502. The van der Waals surface area contributed by atoms with Crippen LogP contribution in [0.15, 0.2) is 25.7 Å². The smallest absolute Gasteiger partial charge is 0.346 e. The standard InChI is InChI=1S/C18H16N2O6S2/c1-9-5-12(25-8-13(21)23-3)15-16(14(9)26-10(2)17(22)24-4)28-18(27-15)11(6-19)7-20/h5,10H,8H2,1-4H3. The SMILES string of the molecule is COC(=O)COc1cc(C)c(OC(C)C(=O)OC)c2c1SC(=C(C#N)C#N)S2. The van der Waals surface area contributed by atoms with Gasteiger partial charge in [0.1, 0.15) is 29.2 Å². The van der Waals surface area contributed by atoms with Gasteiger partial charge in [-0.25, -0.2) is 9.59 Å². The van der Waals surface area contributed by atoms with Crippen molar-refractivity contribution in [1.29, 1.82) is 10.5 Å². The number of nitriles is 2. The predicted molar refractivity (Wildman–Crippen MR) is 101 cm³/mol. The van der Waals surface area contributed by atoms with Crippen molar-refractivity contribution in [3.8, 4) is 23.6 Å². The van der Waals surface area contributed by atoms with Crippen molar-refractivity contribution in [2.45, 2.75) is 29.7 Å². The summed E-state index contributed by atoms with van der Waals surface area (Å²) in [7, 11) is 2.52. The lowest BCUT2D eigenvalue weighted by molar-refractivity contribution is -0.148. The lowest BCUT2D eigenvalue weighted by Gasteiger charge is -2.18. The van der Waals surface area contributed by atoms with Crippen LogP contribution in [0.5, 0.6) is 11.5 Å². The number of hydrogen-bond donors (Lipinski definition) is 0. The van der Waals surface area contributed by atoms with Crippen molar-refractivity contribution in [3.63, 3.8) is 0 Å². The summed E-state index contributed by atoms with van der Waals surface area (Å²) in [6, 6.07) is 5.38. The zero-order valence-corrected chi connectivity index (χ0v) is 17.2. The maximum absolute atomic E-state index is 11.7. The van der Waals surface area contributed by atoms with Gasteiger partial charge in [0.2, 0.25) is 0 Å². The van der Waals surface area contributed by atoms with Crippen LogP contribution in [0.4, 0.5) is 0 Å². The zero-order valence-electron chi connectivity index (χ0n) is 15.5. The van der Waals surface area contributed by atoms with Crippen LogP contribution in [-0.2, 0) is 19.1 Å². The molecule has 0 spiro atoms. The molecule has 0 N–H and O–H groups in total. The number of fused-ring (bicyclic) bond motifs is 1. The minimum absolute atomic E-state index is 0.0465. The number of allylic oxidation sites excluding steroid dienone is 1. The molecule has 10 heteroatoms. The average Bonchev–Trinajstić information content (AvgIpc) is 3.13. The molecule has 1 aromatic rings. The molecule has 1 aliphatic rings. The first-order valence-electron chi connectivity index (χ1n) is 7.88. The number of nitrogens with zero attached hydrogens (tertiary/aromatic N) is 2. The molecule has 1 aliphatic heterocycles. The summed E-state index contributed by atoms with van der Waals surface area (Å²) in [6.45, 7) is 3.01. The van der Waals surface area contributed by atoms with E-state index in [-0.39, 0.29) is 12.2 Å². The molecule has 0 radical (unpaired) electrons. The highest BCUT2D eigenvalue weighted by Crippen LogP contribution is 2.59. The van der Waals surface area contributed by atoms with Gasteiger partial charge >= 0.3 is 11.9 Å². The number of carbonyl (C=O) groups excluding carboxylic acids is 2. The van der Waals surface area contributed by atoms with Gasteiger partial charge in [0.15, 0.2) is 12.7 Å². The molecule has 0 saturated carbocycles. The fourth-order valence-corrected chi connectivity index (χ4v) is 4.75. The monoisotopic (exact) mass is 420 g/mol. The summed E-state index contributed by atoms with van der Waals surface area (Å²) in [4.78, 5) is 24.3. The van der Waals surface area contributed by atoms with E-state index >= 15 is 0 Å². The van der Waals surface area contributed by atoms with Gasteiger partial charge in [-0.15, -0.1) is 0 Å². The Morgan fingerprint density at radius 2 is 1.79 bits per heavy atom. The molecule has 0 bridgehead atoms. The maximum Gasteiger partial charge on any atom is 0.346 e. The average molecular weight is 420 g/mol. The van der Waals surface area contributed by atoms with Gasteiger partial charge in [0.25, 0.3) is 0 Å². The lowest BCUT2D eigenvalue weighted by Crippen LogP contribution is -2.25. The molecule has 1 unspecified atom stereocenters. The van der Waals surface area contributed by atoms with Gasteiger partial charge in [-0.05, 0) is 25.5 Å². The molecular formula is C18H16N2O6S2. The van der Waals surface area contributed by atoms with Gasteiger partial charge in [-0.1, -0.05) is 23.5 Å². The molecule has 28 heavy (non-hydrogen) atoms. The minimum atomic E-state index is -0.861. The summed E-state index contributed by atoms with van der Waals surface area (Å²) >= 11 is 2.34. The van der Waals surface area contributed by atoms with E-state index in [0.29, 0.717) is 31.1 Å². The van der Waals surface area contributed by atoms with E-state index in [4.69, 9.17) is 14.2 Å². The van der Waals surface area contributed by atoms with Crippen LogP contribution in [0.1, 0.15) is 12.5 Å². The van der Waals surface area contributed by atoms with Crippen molar-refractivity contribution in [3.05, 3.63) is 21.4 Å². The topological polar surface area (TPSA) is 119 Å². The van der Waals surface area contributed by atoms with E-state index in [2.05, 4.69) is 4.74 Å². The van der Waals surface area contributed by atoms with E-state index in [1.807, 2.05) is 12.1 Å². The second-order valence-electron chi connectivity index (χ2n) is 5.42. The number of ether oxygens (including phenoxy) is 4. The molecule has 0 saturated heterocycles. The highest BCUT2D eigenvalue weighted by Gasteiger charge is 2.31. The number of methoxy groups -OCH3 is 2. The van der Waals surface area contributed by atoms with Gasteiger partial charge < -0.3 is 18.9 Å². The fourth-order valence-electron chi connectivity index (χ4n) is 2.18. The first-order chi connectivity index (χ1) is 13.4. The van der Waals surface area contributed by atoms with Crippen LogP contribution < -0.4 is 9.47 Å². The molecule has 0 aromatic heterocycles. The summed E-state index contributed by atoms with van der Waals surface area (Å²) in [5, 5.41) is 18.3. The van der Waals surface area contributed by atoms with Crippen LogP contribution in [0, 0.1) is 29.6 Å². The zero-order chi connectivity index (χ0) is 20.8. The Labute approximate surface area is 170 Å².